The molecule has 4 aromatic rings. The quantitative estimate of drug-likeness (QED) is 0.180. The van der Waals surface area contributed by atoms with Gasteiger partial charge in [-0.15, -0.1) is 0 Å². The van der Waals surface area contributed by atoms with Crippen molar-refractivity contribution in [3.63, 3.8) is 0 Å². The Morgan fingerprint density at radius 2 is 1.51 bits per heavy atom. The molecule has 0 aromatic heterocycles. The first-order chi connectivity index (χ1) is 23.2. The normalized spacial score (nSPS) is 15.7. The molecule has 0 aliphatic heterocycles. The molecule has 0 fully saturated rings. The second kappa shape index (κ2) is 15.2. The van der Waals surface area contributed by atoms with Crippen LogP contribution in [-0.2, 0) is 16.0 Å². The van der Waals surface area contributed by atoms with E-state index in [-0.39, 0.29) is 17.8 Å². The minimum atomic E-state index is -0.552. The van der Waals surface area contributed by atoms with E-state index in [0.717, 1.165) is 46.3 Å². The van der Waals surface area contributed by atoms with Gasteiger partial charge in [-0.1, -0.05) is 93.0 Å². The van der Waals surface area contributed by atoms with Crippen molar-refractivity contribution in [1.82, 2.24) is 0 Å². The Labute approximate surface area is 297 Å². The first kappa shape index (κ1) is 36.1. The number of nitrogens with one attached hydrogen (secondary N) is 1. The van der Waals surface area contributed by atoms with Gasteiger partial charge in [0.05, 0.1) is 11.5 Å². The van der Waals surface area contributed by atoms with E-state index >= 15 is 0 Å². The number of ether oxygens (including phenoxy) is 1. The van der Waals surface area contributed by atoms with Crippen LogP contribution in [0, 0.1) is 18.3 Å². The van der Waals surface area contributed by atoms with Crippen LogP contribution in [0.5, 0.6) is 0 Å². The van der Waals surface area contributed by atoms with Crippen molar-refractivity contribution in [2.24, 2.45) is 11.3 Å². The van der Waals surface area contributed by atoms with Crippen LogP contribution >= 0.6 is 11.6 Å². The molecule has 49 heavy (non-hydrogen) atoms. The zero-order chi connectivity index (χ0) is 35.3. The van der Waals surface area contributed by atoms with Crippen LogP contribution in [0.3, 0.4) is 0 Å². The molecule has 1 aliphatic carbocycles. The Morgan fingerprint density at radius 3 is 2.08 bits per heavy atom. The van der Waals surface area contributed by atoms with E-state index in [0.29, 0.717) is 34.8 Å². The van der Waals surface area contributed by atoms with Gasteiger partial charge in [0.1, 0.15) is 5.60 Å². The first-order valence-electron chi connectivity index (χ1n) is 17.5. The summed E-state index contributed by atoms with van der Waals surface area (Å²) < 4.78 is 5.52. The van der Waals surface area contributed by atoms with Crippen molar-refractivity contribution in [2.75, 3.05) is 5.32 Å². The van der Waals surface area contributed by atoms with Gasteiger partial charge < -0.3 is 10.1 Å². The topological polar surface area (TPSA) is 55.4 Å². The van der Waals surface area contributed by atoms with E-state index in [1.165, 1.54) is 17.6 Å². The zero-order valence-electron chi connectivity index (χ0n) is 30.0. The Balaban J connectivity index is 1.33. The van der Waals surface area contributed by atoms with Crippen molar-refractivity contribution in [3.05, 3.63) is 130 Å². The number of carbonyl (C=O) groups excluding carboxylic acids is 2. The third-order valence-corrected chi connectivity index (χ3v) is 9.83. The van der Waals surface area contributed by atoms with E-state index in [1.807, 2.05) is 82.3 Å². The van der Waals surface area contributed by atoms with Gasteiger partial charge in [0.2, 0.25) is 5.91 Å². The molecule has 0 bridgehead atoms. The highest BCUT2D eigenvalue weighted by atomic mass is 35.5. The van der Waals surface area contributed by atoms with Crippen molar-refractivity contribution < 1.29 is 14.3 Å². The molecule has 5 rings (SSSR count). The third-order valence-electron chi connectivity index (χ3n) is 9.60. The van der Waals surface area contributed by atoms with Crippen LogP contribution in [0.15, 0.2) is 97.1 Å². The SMILES string of the molecule is Cc1cc(Cl)ccc1-c1ccc(NC(=O)C(CCc2ccc(C(=O)OC(C)(C)C)cc2)c2ccc(C3=CCC(C(C)(C)C)CC3)cc2)cc1. The molecule has 4 nitrogen and oxygen atoms in total. The van der Waals surface area contributed by atoms with Gasteiger partial charge in [-0.05, 0) is 146 Å². The predicted molar refractivity (Wildman–Crippen MR) is 204 cm³/mol. The molecular weight excluding hydrogens is 626 g/mol. The maximum atomic E-state index is 14.0. The number of allylic oxidation sites excluding steroid dienone is 2. The van der Waals surface area contributed by atoms with E-state index in [9.17, 15) is 9.59 Å². The summed E-state index contributed by atoms with van der Waals surface area (Å²) in [7, 11) is 0. The maximum Gasteiger partial charge on any atom is 0.338 e. The Morgan fingerprint density at radius 1 is 0.857 bits per heavy atom. The number of carbonyl (C=O) groups is 2. The third kappa shape index (κ3) is 9.73. The summed E-state index contributed by atoms with van der Waals surface area (Å²) in [6.45, 7) is 14.6. The first-order valence-corrected chi connectivity index (χ1v) is 17.8. The lowest BCUT2D eigenvalue weighted by Crippen LogP contribution is -2.23. The fraction of sp³-hybridized carbons (Fsp3) is 0.364. The molecule has 1 aliphatic rings. The highest BCUT2D eigenvalue weighted by molar-refractivity contribution is 6.30. The van der Waals surface area contributed by atoms with Gasteiger partial charge >= 0.3 is 5.97 Å². The minimum Gasteiger partial charge on any atom is -0.456 e. The predicted octanol–water partition coefficient (Wildman–Crippen LogP) is 11.9. The molecule has 2 atom stereocenters. The van der Waals surface area contributed by atoms with Crippen molar-refractivity contribution in [3.8, 4) is 11.1 Å². The number of aryl methyl sites for hydroxylation is 2. The van der Waals surface area contributed by atoms with Crippen LogP contribution in [0.2, 0.25) is 5.02 Å². The molecule has 0 saturated carbocycles. The fourth-order valence-corrected chi connectivity index (χ4v) is 6.86. The van der Waals surface area contributed by atoms with Gasteiger partial charge in [0.25, 0.3) is 0 Å². The molecule has 2 unspecified atom stereocenters. The lowest BCUT2D eigenvalue weighted by molar-refractivity contribution is -0.117. The average molecular weight is 676 g/mol. The minimum absolute atomic E-state index is 0.0431. The summed E-state index contributed by atoms with van der Waals surface area (Å²) in [4.78, 5) is 26.5. The molecule has 1 amide bonds. The van der Waals surface area contributed by atoms with Gasteiger partial charge in [-0.3, -0.25) is 4.79 Å². The Kier molecular flexibility index (Phi) is 11.2. The molecule has 256 valence electrons. The number of hydrogen-bond acceptors (Lipinski definition) is 3. The van der Waals surface area contributed by atoms with Crippen molar-refractivity contribution in [1.29, 1.82) is 0 Å². The van der Waals surface area contributed by atoms with E-state index in [1.54, 1.807) is 12.1 Å². The van der Waals surface area contributed by atoms with Gasteiger partial charge in [-0.2, -0.15) is 0 Å². The van der Waals surface area contributed by atoms with Crippen LogP contribution in [0.25, 0.3) is 16.7 Å². The number of amides is 1. The summed E-state index contributed by atoms with van der Waals surface area (Å²) in [5, 5.41) is 3.90. The molecule has 0 spiro atoms. The summed E-state index contributed by atoms with van der Waals surface area (Å²) >= 11 is 6.17. The zero-order valence-corrected chi connectivity index (χ0v) is 30.8. The maximum absolute atomic E-state index is 14.0. The van der Waals surface area contributed by atoms with E-state index < -0.39 is 5.60 Å². The van der Waals surface area contributed by atoms with Crippen LogP contribution in [0.4, 0.5) is 5.69 Å². The number of benzene rings is 4. The number of esters is 1. The van der Waals surface area contributed by atoms with Crippen LogP contribution in [0.1, 0.15) is 106 Å². The number of hydrogen-bond donors (Lipinski definition) is 1. The largest absolute Gasteiger partial charge is 0.456 e. The summed E-state index contributed by atoms with van der Waals surface area (Å²) in [6.07, 6.45) is 7.10. The standard InChI is InChI=1S/C44H50ClNO3/c1-29-28-37(45)23-27-39(29)33-19-24-38(25-20-33)46-41(47)40(26-10-30-8-11-35(12-9-30)42(48)49-44(5,6)7)34-15-13-31(14-16-34)32-17-21-36(22-18-32)43(2,3)4/h8-9,11-17,19-20,23-25,27-28,36,40H,10,18,21-22,26H2,1-7H3,(H,46,47). The van der Waals surface area contributed by atoms with Crippen molar-refractivity contribution in [2.45, 2.75) is 92.1 Å². The second-order valence-electron chi connectivity index (χ2n) is 15.5. The highest BCUT2D eigenvalue weighted by Gasteiger charge is 2.27. The Hall–Kier alpha value is -4.15. The van der Waals surface area contributed by atoms with Crippen molar-refractivity contribution >= 4 is 34.7 Å². The summed E-state index contributed by atoms with van der Waals surface area (Å²) in [5.41, 5.74) is 9.01. The van der Waals surface area contributed by atoms with E-state index in [4.69, 9.17) is 16.3 Å². The van der Waals surface area contributed by atoms with Gasteiger partial charge in [-0.25, -0.2) is 4.79 Å². The van der Waals surface area contributed by atoms with Gasteiger partial charge in [0.15, 0.2) is 0 Å². The van der Waals surface area contributed by atoms with Crippen LogP contribution in [-0.4, -0.2) is 17.5 Å². The smallest absolute Gasteiger partial charge is 0.338 e. The molecule has 0 heterocycles. The number of rotatable bonds is 9. The lowest BCUT2D eigenvalue weighted by Gasteiger charge is -2.33. The number of halogens is 1. The summed E-state index contributed by atoms with van der Waals surface area (Å²) in [6, 6.07) is 30.0. The average Bonchev–Trinajstić information content (AvgIpc) is 3.05. The summed E-state index contributed by atoms with van der Waals surface area (Å²) in [5.74, 6) is -0.0384. The molecule has 4 aromatic carbocycles. The fourth-order valence-electron chi connectivity index (χ4n) is 6.63. The van der Waals surface area contributed by atoms with Gasteiger partial charge in [0, 0.05) is 10.7 Å². The molecular formula is C44H50ClNO3. The molecule has 1 N–H and O–H groups in total. The highest BCUT2D eigenvalue weighted by Crippen LogP contribution is 2.40. The van der Waals surface area contributed by atoms with Crippen LogP contribution < -0.4 is 5.32 Å². The molecule has 5 heteroatoms. The van der Waals surface area contributed by atoms with E-state index in [2.05, 4.69) is 56.4 Å². The lowest BCUT2D eigenvalue weighted by atomic mass is 9.72. The molecule has 0 saturated heterocycles. The number of anilines is 1. The Bertz CT molecular complexity index is 1790. The second-order valence-corrected chi connectivity index (χ2v) is 15.9. The monoisotopic (exact) mass is 675 g/mol. The molecule has 0 radical (unpaired) electrons.